The fourth-order valence-corrected chi connectivity index (χ4v) is 2.59. The van der Waals surface area contributed by atoms with Crippen LogP contribution in [0.2, 0.25) is 0 Å². The quantitative estimate of drug-likeness (QED) is 0.760. The van der Waals surface area contributed by atoms with E-state index in [1.165, 1.54) is 0 Å². The van der Waals surface area contributed by atoms with E-state index in [0.29, 0.717) is 12.2 Å². The molecule has 0 bridgehead atoms. The molecule has 26 heavy (non-hydrogen) atoms. The number of nitrogens with one attached hydrogen (secondary N) is 1. The summed E-state index contributed by atoms with van der Waals surface area (Å²) in [5.41, 5.74) is 1.90. The Morgan fingerprint density at radius 2 is 1.46 bits per heavy atom. The Balaban J connectivity index is 1.82. The van der Waals surface area contributed by atoms with Crippen LogP contribution in [-0.4, -0.2) is 23.3 Å². The molecule has 0 aliphatic heterocycles. The number of benzene rings is 2. The highest BCUT2D eigenvalue weighted by atomic mass is 16.2. The first-order chi connectivity index (χ1) is 12.7. The van der Waals surface area contributed by atoms with Crippen molar-refractivity contribution in [2.45, 2.75) is 6.92 Å². The van der Waals surface area contributed by atoms with Crippen LogP contribution in [0.5, 0.6) is 0 Å². The van der Waals surface area contributed by atoms with Crippen LogP contribution >= 0.6 is 0 Å². The van der Waals surface area contributed by atoms with Gasteiger partial charge in [0.2, 0.25) is 0 Å². The van der Waals surface area contributed by atoms with Gasteiger partial charge in [-0.05, 0) is 43.3 Å². The largest absolute Gasteiger partial charge is 0.321 e. The molecule has 5 heteroatoms. The average Bonchev–Trinajstić information content (AvgIpc) is 2.70. The standard InChI is InChI=1S/C21H19N3O2/c1-2-24(17-12-7-4-8-13-17)21(26)19-15-9-14-18(23-19)20(25)22-16-10-5-3-6-11-16/h3-15H,2H2,1H3,(H,22,25). The summed E-state index contributed by atoms with van der Waals surface area (Å²) in [5, 5.41) is 2.77. The van der Waals surface area contributed by atoms with Gasteiger partial charge in [0.1, 0.15) is 11.4 Å². The predicted octanol–water partition coefficient (Wildman–Crippen LogP) is 4.00. The lowest BCUT2D eigenvalue weighted by Gasteiger charge is -2.20. The zero-order chi connectivity index (χ0) is 18.4. The van der Waals surface area contributed by atoms with Crippen molar-refractivity contribution in [1.82, 2.24) is 4.98 Å². The molecule has 5 nitrogen and oxygen atoms in total. The lowest BCUT2D eigenvalue weighted by atomic mass is 10.2. The minimum absolute atomic E-state index is 0.198. The second-order valence-electron chi connectivity index (χ2n) is 5.61. The number of aromatic nitrogens is 1. The van der Waals surface area contributed by atoms with Crippen molar-refractivity contribution in [3.8, 4) is 0 Å². The molecule has 0 atom stereocenters. The summed E-state index contributed by atoms with van der Waals surface area (Å²) < 4.78 is 0. The number of anilines is 2. The first-order valence-corrected chi connectivity index (χ1v) is 8.39. The third-order valence-electron chi connectivity index (χ3n) is 3.86. The van der Waals surface area contributed by atoms with Crippen LogP contribution in [0.25, 0.3) is 0 Å². The fourth-order valence-electron chi connectivity index (χ4n) is 2.59. The van der Waals surface area contributed by atoms with Crippen LogP contribution in [0.1, 0.15) is 27.9 Å². The van der Waals surface area contributed by atoms with E-state index >= 15 is 0 Å². The van der Waals surface area contributed by atoms with E-state index in [9.17, 15) is 9.59 Å². The van der Waals surface area contributed by atoms with Crippen LogP contribution in [0.15, 0.2) is 78.9 Å². The summed E-state index contributed by atoms with van der Waals surface area (Å²) in [6.45, 7) is 2.40. The fraction of sp³-hybridized carbons (Fsp3) is 0.0952. The number of nitrogens with zero attached hydrogens (tertiary/aromatic N) is 2. The first kappa shape index (κ1) is 17.4. The van der Waals surface area contributed by atoms with Gasteiger partial charge in [0.05, 0.1) is 0 Å². The minimum atomic E-state index is -0.353. The second-order valence-corrected chi connectivity index (χ2v) is 5.61. The Morgan fingerprint density at radius 3 is 2.12 bits per heavy atom. The average molecular weight is 345 g/mol. The van der Waals surface area contributed by atoms with Gasteiger partial charge in [-0.15, -0.1) is 0 Å². The maximum absolute atomic E-state index is 12.8. The lowest BCUT2D eigenvalue weighted by Crippen LogP contribution is -2.31. The van der Waals surface area contributed by atoms with Crippen molar-refractivity contribution < 1.29 is 9.59 Å². The zero-order valence-corrected chi connectivity index (χ0v) is 14.4. The highest BCUT2D eigenvalue weighted by Gasteiger charge is 2.19. The van der Waals surface area contributed by atoms with E-state index in [0.717, 1.165) is 5.69 Å². The van der Waals surface area contributed by atoms with Crippen molar-refractivity contribution in [2.24, 2.45) is 0 Å². The van der Waals surface area contributed by atoms with Gasteiger partial charge in [-0.1, -0.05) is 42.5 Å². The molecule has 0 aliphatic carbocycles. The van der Waals surface area contributed by atoms with Gasteiger partial charge in [-0.2, -0.15) is 0 Å². The first-order valence-electron chi connectivity index (χ1n) is 8.39. The molecular formula is C21H19N3O2. The monoisotopic (exact) mass is 345 g/mol. The molecule has 0 fully saturated rings. The molecule has 1 N–H and O–H groups in total. The molecule has 2 amide bonds. The number of carbonyl (C=O) groups excluding carboxylic acids is 2. The van der Waals surface area contributed by atoms with Crippen LogP contribution in [0, 0.1) is 0 Å². The van der Waals surface area contributed by atoms with Crippen LogP contribution in [-0.2, 0) is 0 Å². The number of pyridine rings is 1. The number of hydrogen-bond acceptors (Lipinski definition) is 3. The van der Waals surface area contributed by atoms with Gasteiger partial charge in [0.15, 0.2) is 0 Å². The molecule has 130 valence electrons. The van der Waals surface area contributed by atoms with E-state index in [1.807, 2.05) is 55.5 Å². The molecule has 0 spiro atoms. The van der Waals surface area contributed by atoms with Gasteiger partial charge in [0, 0.05) is 17.9 Å². The summed E-state index contributed by atoms with van der Waals surface area (Å²) in [5.74, 6) is -0.596. The minimum Gasteiger partial charge on any atom is -0.321 e. The van der Waals surface area contributed by atoms with Crippen molar-refractivity contribution in [3.05, 3.63) is 90.3 Å². The third-order valence-corrected chi connectivity index (χ3v) is 3.86. The number of rotatable bonds is 5. The molecule has 0 saturated carbocycles. The SMILES string of the molecule is CCN(C(=O)c1cccc(C(=O)Nc2ccccc2)n1)c1ccccc1. The van der Waals surface area contributed by atoms with E-state index < -0.39 is 0 Å². The van der Waals surface area contributed by atoms with Crippen molar-refractivity contribution in [1.29, 1.82) is 0 Å². The van der Waals surface area contributed by atoms with Gasteiger partial charge >= 0.3 is 0 Å². The number of carbonyl (C=O) groups is 2. The highest BCUT2D eigenvalue weighted by Crippen LogP contribution is 2.16. The Labute approximate surface area is 152 Å². The Hall–Kier alpha value is -3.47. The van der Waals surface area contributed by atoms with Gasteiger partial charge in [-0.25, -0.2) is 4.98 Å². The van der Waals surface area contributed by atoms with Crippen molar-refractivity contribution >= 4 is 23.2 Å². The summed E-state index contributed by atoms with van der Waals surface area (Å²) in [4.78, 5) is 31.1. The van der Waals surface area contributed by atoms with Crippen molar-refractivity contribution in [2.75, 3.05) is 16.8 Å². The molecule has 1 aromatic heterocycles. The van der Waals surface area contributed by atoms with Crippen molar-refractivity contribution in [3.63, 3.8) is 0 Å². The molecule has 0 unspecified atom stereocenters. The Kier molecular flexibility index (Phi) is 5.39. The lowest BCUT2D eigenvalue weighted by molar-refractivity contribution is 0.0983. The summed E-state index contributed by atoms with van der Waals surface area (Å²) in [6, 6.07) is 23.4. The molecule has 1 heterocycles. The predicted molar refractivity (Wildman–Crippen MR) is 102 cm³/mol. The van der Waals surface area contributed by atoms with E-state index in [-0.39, 0.29) is 23.2 Å². The molecule has 2 aromatic carbocycles. The van der Waals surface area contributed by atoms with E-state index in [1.54, 1.807) is 35.2 Å². The van der Waals surface area contributed by atoms with E-state index in [4.69, 9.17) is 0 Å². The highest BCUT2D eigenvalue weighted by molar-refractivity contribution is 6.07. The number of amides is 2. The number of para-hydroxylation sites is 2. The maximum atomic E-state index is 12.8. The molecule has 3 aromatic rings. The molecule has 0 radical (unpaired) electrons. The molecular weight excluding hydrogens is 326 g/mol. The van der Waals surface area contributed by atoms with Crippen LogP contribution in [0.4, 0.5) is 11.4 Å². The van der Waals surface area contributed by atoms with Gasteiger partial charge < -0.3 is 10.2 Å². The van der Waals surface area contributed by atoms with Crippen LogP contribution < -0.4 is 10.2 Å². The Bertz CT molecular complexity index is 895. The second kappa shape index (κ2) is 8.07. The van der Waals surface area contributed by atoms with E-state index in [2.05, 4.69) is 10.3 Å². The smallest absolute Gasteiger partial charge is 0.276 e. The topological polar surface area (TPSA) is 62.3 Å². The molecule has 0 saturated heterocycles. The molecule has 3 rings (SSSR count). The third kappa shape index (κ3) is 3.95. The van der Waals surface area contributed by atoms with Crippen LogP contribution in [0.3, 0.4) is 0 Å². The van der Waals surface area contributed by atoms with Gasteiger partial charge in [-0.3, -0.25) is 9.59 Å². The zero-order valence-electron chi connectivity index (χ0n) is 14.4. The normalized spacial score (nSPS) is 10.2. The summed E-state index contributed by atoms with van der Waals surface area (Å²) in [6.07, 6.45) is 0. The Morgan fingerprint density at radius 1 is 0.846 bits per heavy atom. The summed E-state index contributed by atoms with van der Waals surface area (Å²) >= 11 is 0. The maximum Gasteiger partial charge on any atom is 0.276 e. The summed E-state index contributed by atoms with van der Waals surface area (Å²) in [7, 11) is 0. The number of hydrogen-bond donors (Lipinski definition) is 1. The molecule has 0 aliphatic rings. The van der Waals surface area contributed by atoms with Gasteiger partial charge in [0.25, 0.3) is 11.8 Å².